The van der Waals surface area contributed by atoms with Crippen molar-refractivity contribution in [3.8, 4) is 18.0 Å². The molecule has 6 radical (unpaired) electrons. The molecule has 542 valence electrons. The Bertz CT molecular complexity index is 2800. The molecular weight excluding hydrogens is 1240 g/mol. The molecule has 6 aliphatic heterocycles. The van der Waals surface area contributed by atoms with Crippen molar-refractivity contribution < 1.29 is 45.5 Å². The fourth-order valence-electron chi connectivity index (χ4n) is 17.5. The molecule has 6 aliphatic rings. The van der Waals surface area contributed by atoms with Gasteiger partial charge in [0.15, 0.2) is 0 Å². The molecule has 9 rings (SSSR count). The highest BCUT2D eigenvalue weighted by Crippen LogP contribution is 2.45. The number of aromatic nitrogens is 9. The Labute approximate surface area is 576 Å². The SMILES string of the molecule is CC1(C)CC(Nc2nc(NCCN(CCNc3nc(NC4CC(C)(C)N([O])C(C)(C)C4)nc(OC4CC(C)(C)N([O])C(C)(C)C4)n3)c3nc(NC4CC(C)(C)N([O])C(C)(C)C4)nc(OC4CC(C)(C)N([O])C(C)(C)C4)n3)nc(OC3CC(C)(C)N([O])C(C)(C)C3)n2)CC(C)(C)N1[O]. The van der Waals surface area contributed by atoms with E-state index < -0.39 is 84.8 Å². The van der Waals surface area contributed by atoms with Crippen LogP contribution in [0, 0.1) is 0 Å². The van der Waals surface area contributed by atoms with E-state index in [0.717, 1.165) is 15.2 Å². The predicted molar refractivity (Wildman–Crippen MR) is 364 cm³/mol. The number of anilines is 6. The molecule has 30 nitrogen and oxygen atoms in total. The Morgan fingerprint density at radius 3 is 0.753 bits per heavy atom. The summed E-state index contributed by atoms with van der Waals surface area (Å²) in [6, 6.07) is -0.425. The Hall–Kier alpha value is -5.25. The maximum atomic E-state index is 13.7. The highest BCUT2D eigenvalue weighted by atomic mass is 16.5. The maximum absolute atomic E-state index is 13.7. The quantitative estimate of drug-likeness (QED) is 0.0662. The van der Waals surface area contributed by atoms with Crippen LogP contribution >= 0.6 is 0 Å². The van der Waals surface area contributed by atoms with Crippen molar-refractivity contribution in [3.63, 3.8) is 0 Å². The molecule has 0 aliphatic carbocycles. The number of nitrogens with one attached hydrogen (secondary N) is 5. The summed E-state index contributed by atoms with van der Waals surface area (Å²) in [6.45, 7) is 47.0. The molecule has 0 spiro atoms. The van der Waals surface area contributed by atoms with Crippen molar-refractivity contribution in [1.29, 1.82) is 0 Å². The predicted octanol–water partition coefficient (Wildman–Crippen LogP) is 9.85. The van der Waals surface area contributed by atoms with Crippen LogP contribution in [0.1, 0.15) is 243 Å². The second kappa shape index (κ2) is 26.6. The number of hydrogen-bond acceptors (Lipinski definition) is 24. The van der Waals surface area contributed by atoms with Gasteiger partial charge in [-0.2, -0.15) is 44.9 Å². The van der Waals surface area contributed by atoms with E-state index in [1.807, 2.05) is 171 Å². The molecular formula is C67H115N21O9. The second-order valence-electron chi connectivity index (χ2n) is 36.3. The first kappa shape index (κ1) is 75.9. The van der Waals surface area contributed by atoms with E-state index in [2.05, 4.69) is 26.6 Å². The third kappa shape index (κ3) is 17.4. The topological polar surface area (TPSA) is 346 Å². The van der Waals surface area contributed by atoms with Crippen LogP contribution in [0.15, 0.2) is 0 Å². The van der Waals surface area contributed by atoms with E-state index in [0.29, 0.717) is 77.0 Å². The van der Waals surface area contributed by atoms with Crippen LogP contribution in [0.2, 0.25) is 0 Å². The van der Waals surface area contributed by atoms with Crippen LogP contribution in [-0.4, -0.2) is 204 Å². The fourth-order valence-corrected chi connectivity index (χ4v) is 17.5. The number of nitrogens with zero attached hydrogens (tertiary/aromatic N) is 16. The summed E-state index contributed by atoms with van der Waals surface area (Å²) >= 11 is 0. The number of hydroxylamine groups is 12. The summed E-state index contributed by atoms with van der Waals surface area (Å²) < 4.78 is 20.1. The smallest absolute Gasteiger partial charge is 0.323 e. The highest BCUT2D eigenvalue weighted by molar-refractivity contribution is 5.43. The van der Waals surface area contributed by atoms with E-state index >= 15 is 0 Å². The van der Waals surface area contributed by atoms with Gasteiger partial charge in [0.25, 0.3) is 0 Å². The second-order valence-corrected chi connectivity index (χ2v) is 36.3. The van der Waals surface area contributed by atoms with Gasteiger partial charge in [0.05, 0.1) is 0 Å². The van der Waals surface area contributed by atoms with Gasteiger partial charge in [0.2, 0.25) is 35.7 Å². The molecule has 3 aromatic rings. The minimum atomic E-state index is -0.770. The average molecular weight is 1360 g/mol. The molecule has 97 heavy (non-hydrogen) atoms. The summed E-state index contributed by atoms with van der Waals surface area (Å²) in [5, 5.41) is 106. The maximum Gasteiger partial charge on any atom is 0.323 e. The molecule has 0 saturated carbocycles. The van der Waals surface area contributed by atoms with Crippen LogP contribution < -0.4 is 45.7 Å². The molecule has 0 amide bonds. The lowest BCUT2D eigenvalue weighted by molar-refractivity contribution is -0.297. The zero-order valence-electron chi connectivity index (χ0n) is 62.6. The molecule has 0 unspecified atom stereocenters. The molecule has 30 heteroatoms. The lowest BCUT2D eigenvalue weighted by Crippen LogP contribution is -2.60. The molecule has 0 bridgehead atoms. The van der Waals surface area contributed by atoms with Crippen LogP contribution in [-0.2, 0) is 31.2 Å². The first-order valence-electron chi connectivity index (χ1n) is 34.9. The van der Waals surface area contributed by atoms with Gasteiger partial charge in [-0.15, -0.1) is 61.6 Å². The Morgan fingerprint density at radius 2 is 0.505 bits per heavy atom. The van der Waals surface area contributed by atoms with E-state index in [9.17, 15) is 31.2 Å². The number of piperidine rings is 6. The van der Waals surface area contributed by atoms with Gasteiger partial charge in [-0.25, -0.2) is 0 Å². The standard InChI is InChI=1S/C67H115N21O9/c1-56(2)29-41(30-57(3,4)83(56)89)70-49-73-47(76-53(78-49)95-44-35-62(13,14)86(92)63(15,16)36-44)68-25-27-82(52-75-51(72-43-33-60(9,10)85(91)61(11,12)34-43)80-55(81-52)97-46-39-66(21,22)88(94)67(23,24)40-46)28-26-69-48-74-50(71-42-31-58(5,6)84(90)59(7,8)32-42)79-54(77-48)96-45-37-64(17,18)87(93)65(19,20)38-45/h41-46H,25-40H2,1-24H3,(H,72,75,80,81)(H2,68,70,73,76,78)(H2,69,71,74,77,79). The van der Waals surface area contributed by atoms with Crippen LogP contribution in [0.3, 0.4) is 0 Å². The lowest BCUT2D eigenvalue weighted by atomic mass is 9.79. The zero-order valence-corrected chi connectivity index (χ0v) is 62.6. The van der Waals surface area contributed by atoms with Gasteiger partial charge in [-0.1, -0.05) is 0 Å². The van der Waals surface area contributed by atoms with Crippen LogP contribution in [0.5, 0.6) is 18.0 Å². The van der Waals surface area contributed by atoms with Crippen LogP contribution in [0.25, 0.3) is 0 Å². The Morgan fingerprint density at radius 1 is 0.299 bits per heavy atom. The van der Waals surface area contributed by atoms with E-state index in [1.165, 1.54) is 15.2 Å². The van der Waals surface area contributed by atoms with Gasteiger partial charge in [-0.3, -0.25) is 0 Å². The number of hydrogen-bond donors (Lipinski definition) is 5. The van der Waals surface area contributed by atoms with Crippen molar-refractivity contribution >= 4 is 35.7 Å². The Kier molecular flexibility index (Phi) is 20.8. The number of ether oxygens (including phenoxy) is 3. The first-order valence-corrected chi connectivity index (χ1v) is 34.9. The number of rotatable bonds is 21. The molecule has 6 fully saturated rings. The molecule has 0 atom stereocenters. The molecule has 5 N–H and O–H groups in total. The third-order valence-corrected chi connectivity index (χ3v) is 20.7. The highest BCUT2D eigenvalue weighted by Gasteiger charge is 2.53. The van der Waals surface area contributed by atoms with Gasteiger partial charge in [-0.05, 0) is 205 Å². The summed E-state index contributed by atoms with van der Waals surface area (Å²) in [5.41, 5.74) is -8.70. The van der Waals surface area contributed by atoms with Crippen molar-refractivity contribution in [1.82, 2.24) is 75.2 Å². The normalized spacial score (nSPS) is 26.2. The van der Waals surface area contributed by atoms with E-state index in [1.54, 1.807) is 0 Å². The summed E-state index contributed by atoms with van der Waals surface area (Å²) in [6.07, 6.45) is 4.26. The average Bonchev–Trinajstić information content (AvgIpc) is 0.802. The van der Waals surface area contributed by atoms with Gasteiger partial charge in [0, 0.05) is 149 Å². The molecule has 9 heterocycles. The summed E-state index contributed by atoms with van der Waals surface area (Å²) in [4.78, 5) is 46.4. The van der Waals surface area contributed by atoms with Crippen molar-refractivity contribution in [2.24, 2.45) is 0 Å². The van der Waals surface area contributed by atoms with Crippen molar-refractivity contribution in [3.05, 3.63) is 0 Å². The van der Waals surface area contributed by atoms with E-state index in [-0.39, 0.29) is 98.0 Å². The Balaban J connectivity index is 1.08. The van der Waals surface area contributed by atoms with Crippen molar-refractivity contribution in [2.75, 3.05) is 57.7 Å². The molecule has 3 aromatic heterocycles. The van der Waals surface area contributed by atoms with E-state index in [4.69, 9.17) is 59.1 Å². The van der Waals surface area contributed by atoms with Crippen LogP contribution in [0.4, 0.5) is 35.7 Å². The molecule has 6 saturated heterocycles. The largest absolute Gasteiger partial charge is 0.460 e. The monoisotopic (exact) mass is 1360 g/mol. The third-order valence-electron chi connectivity index (χ3n) is 20.7. The van der Waals surface area contributed by atoms with Crippen molar-refractivity contribution in [2.45, 2.75) is 346 Å². The minimum Gasteiger partial charge on any atom is -0.460 e. The zero-order chi connectivity index (χ0) is 72.0. The summed E-state index contributed by atoms with van der Waals surface area (Å²) in [7, 11) is 0. The fraction of sp³-hybridized carbons (Fsp3) is 0.866. The minimum absolute atomic E-state index is 0.0470. The summed E-state index contributed by atoms with van der Waals surface area (Å²) in [5.74, 6) is 1.39. The van der Waals surface area contributed by atoms with Gasteiger partial charge in [0.1, 0.15) is 18.3 Å². The first-order chi connectivity index (χ1) is 44.3. The van der Waals surface area contributed by atoms with Gasteiger partial charge >= 0.3 is 18.0 Å². The van der Waals surface area contributed by atoms with Gasteiger partial charge < -0.3 is 45.7 Å². The molecule has 0 aromatic carbocycles. The lowest BCUT2D eigenvalue weighted by Gasteiger charge is -2.50.